The zero-order valence-electron chi connectivity index (χ0n) is 17.9. The molecule has 5 nitrogen and oxygen atoms in total. The number of nitrogens with one attached hydrogen (secondary N) is 2. The van der Waals surface area contributed by atoms with Gasteiger partial charge < -0.3 is 15.5 Å². The van der Waals surface area contributed by atoms with Crippen LogP contribution in [0, 0.1) is 0 Å². The van der Waals surface area contributed by atoms with E-state index in [1.54, 1.807) is 23.9 Å². The highest BCUT2D eigenvalue weighted by Gasteiger charge is 2.22. The van der Waals surface area contributed by atoms with Crippen molar-refractivity contribution in [2.45, 2.75) is 29.1 Å². The first-order valence-corrected chi connectivity index (χ1v) is 11.8. The first-order chi connectivity index (χ1) is 15.7. The number of carbonyl (C=O) groups is 2. The third-order valence-electron chi connectivity index (χ3n) is 5.31. The molecule has 2 amide bonds. The molecule has 6 heteroatoms. The van der Waals surface area contributed by atoms with E-state index in [4.69, 9.17) is 0 Å². The lowest BCUT2D eigenvalue weighted by Crippen LogP contribution is -2.30. The molecule has 0 aliphatic carbocycles. The average molecular weight is 446 g/mol. The summed E-state index contributed by atoms with van der Waals surface area (Å²) in [4.78, 5) is 29.0. The Balaban J connectivity index is 1.19. The maximum atomic E-state index is 12.2. The first-order valence-electron chi connectivity index (χ1n) is 11.0. The molecule has 0 aromatic heterocycles. The van der Waals surface area contributed by atoms with Crippen LogP contribution < -0.4 is 15.5 Å². The Kier molecular flexibility index (Phi) is 7.46. The van der Waals surface area contributed by atoms with Crippen LogP contribution >= 0.6 is 11.8 Å². The molecule has 0 unspecified atom stereocenters. The molecule has 3 aromatic rings. The van der Waals surface area contributed by atoms with Gasteiger partial charge in [0.2, 0.25) is 5.91 Å². The van der Waals surface area contributed by atoms with Crippen molar-refractivity contribution in [3.63, 3.8) is 0 Å². The second-order valence-electron chi connectivity index (χ2n) is 7.62. The molecule has 0 saturated carbocycles. The van der Waals surface area contributed by atoms with E-state index in [1.807, 2.05) is 18.2 Å². The van der Waals surface area contributed by atoms with E-state index >= 15 is 0 Å². The van der Waals surface area contributed by atoms with Crippen LogP contribution in [0.2, 0.25) is 0 Å². The van der Waals surface area contributed by atoms with Crippen LogP contribution in [-0.2, 0) is 4.79 Å². The topological polar surface area (TPSA) is 61.4 Å². The first kappa shape index (κ1) is 22.0. The van der Waals surface area contributed by atoms with Crippen molar-refractivity contribution in [1.82, 2.24) is 10.6 Å². The van der Waals surface area contributed by atoms with Crippen molar-refractivity contribution in [2.75, 3.05) is 24.5 Å². The maximum Gasteiger partial charge on any atom is 0.251 e. The number of rotatable bonds is 9. The highest BCUT2D eigenvalue weighted by Crippen LogP contribution is 2.47. The number of amides is 2. The fourth-order valence-corrected chi connectivity index (χ4v) is 4.81. The second kappa shape index (κ2) is 10.9. The summed E-state index contributed by atoms with van der Waals surface area (Å²) >= 11 is 1.80. The zero-order chi connectivity index (χ0) is 22.2. The predicted octanol–water partition coefficient (Wildman–Crippen LogP) is 5.01. The van der Waals surface area contributed by atoms with E-state index in [9.17, 15) is 9.59 Å². The summed E-state index contributed by atoms with van der Waals surface area (Å²) in [5.41, 5.74) is 3.07. The van der Waals surface area contributed by atoms with E-state index in [2.05, 4.69) is 64.1 Å². The summed E-state index contributed by atoms with van der Waals surface area (Å²) in [6.07, 6.45) is 1.87. The van der Waals surface area contributed by atoms with Gasteiger partial charge in [-0.1, -0.05) is 54.2 Å². The highest BCUT2D eigenvalue weighted by atomic mass is 32.2. The van der Waals surface area contributed by atoms with Crippen LogP contribution in [-0.4, -0.2) is 31.4 Å². The molecule has 1 aliphatic rings. The molecule has 0 saturated heterocycles. The number of nitrogens with zero attached hydrogens (tertiary/aromatic N) is 1. The molecule has 0 fully saturated rings. The molecule has 1 aliphatic heterocycles. The van der Waals surface area contributed by atoms with E-state index < -0.39 is 0 Å². The molecule has 0 bridgehead atoms. The van der Waals surface area contributed by atoms with E-state index in [1.165, 1.54) is 21.2 Å². The molecule has 0 radical (unpaired) electrons. The third-order valence-corrected chi connectivity index (χ3v) is 6.45. The van der Waals surface area contributed by atoms with Crippen molar-refractivity contribution >= 4 is 35.0 Å². The molecule has 4 rings (SSSR count). The molecule has 0 spiro atoms. The van der Waals surface area contributed by atoms with Crippen LogP contribution in [0.3, 0.4) is 0 Å². The predicted molar refractivity (Wildman–Crippen MR) is 130 cm³/mol. The molecule has 0 atom stereocenters. The van der Waals surface area contributed by atoms with Crippen molar-refractivity contribution in [3.05, 3.63) is 84.4 Å². The summed E-state index contributed by atoms with van der Waals surface area (Å²) < 4.78 is 0. The minimum absolute atomic E-state index is 0.0222. The monoisotopic (exact) mass is 445 g/mol. The molecule has 164 valence electrons. The van der Waals surface area contributed by atoms with Gasteiger partial charge in [0, 0.05) is 41.4 Å². The van der Waals surface area contributed by atoms with Gasteiger partial charge in [-0.3, -0.25) is 9.59 Å². The largest absolute Gasteiger partial charge is 0.356 e. The molecule has 32 heavy (non-hydrogen) atoms. The average Bonchev–Trinajstić information content (AvgIpc) is 2.84. The number of hydrogen-bond acceptors (Lipinski definition) is 4. The molecule has 3 aromatic carbocycles. The summed E-state index contributed by atoms with van der Waals surface area (Å²) in [6.45, 7) is 1.95. The van der Waals surface area contributed by atoms with Crippen molar-refractivity contribution in [3.8, 4) is 0 Å². The van der Waals surface area contributed by atoms with Gasteiger partial charge in [-0.05, 0) is 49.2 Å². The Morgan fingerprint density at radius 1 is 0.719 bits per heavy atom. The summed E-state index contributed by atoms with van der Waals surface area (Å²) in [5.74, 6) is -0.0831. The Labute approximate surface area is 193 Å². The van der Waals surface area contributed by atoms with Crippen LogP contribution in [0.4, 0.5) is 11.4 Å². The van der Waals surface area contributed by atoms with Crippen LogP contribution in [0.5, 0.6) is 0 Å². The maximum absolute atomic E-state index is 12.2. The summed E-state index contributed by atoms with van der Waals surface area (Å²) in [5, 5.41) is 5.86. The van der Waals surface area contributed by atoms with Gasteiger partial charge in [0.25, 0.3) is 5.91 Å². The van der Waals surface area contributed by atoms with Gasteiger partial charge in [-0.15, -0.1) is 0 Å². The number of anilines is 2. The fraction of sp³-hybridized carbons (Fsp3) is 0.231. The number of benzene rings is 3. The van der Waals surface area contributed by atoms with Crippen LogP contribution in [0.15, 0.2) is 88.7 Å². The second-order valence-corrected chi connectivity index (χ2v) is 8.70. The lowest BCUT2D eigenvalue weighted by atomic mass is 10.2. The Bertz CT molecular complexity index is 1030. The van der Waals surface area contributed by atoms with Gasteiger partial charge in [0.05, 0.1) is 11.4 Å². The minimum atomic E-state index is -0.105. The van der Waals surface area contributed by atoms with E-state index in [-0.39, 0.29) is 11.8 Å². The van der Waals surface area contributed by atoms with Gasteiger partial charge in [-0.25, -0.2) is 0 Å². The fourth-order valence-electron chi connectivity index (χ4n) is 3.72. The van der Waals surface area contributed by atoms with E-state index in [0.29, 0.717) is 31.5 Å². The summed E-state index contributed by atoms with van der Waals surface area (Å²) in [6, 6.07) is 26.0. The number of hydrogen-bond donors (Lipinski definition) is 2. The molecule has 2 N–H and O–H groups in total. The van der Waals surface area contributed by atoms with Gasteiger partial charge in [-0.2, -0.15) is 0 Å². The van der Waals surface area contributed by atoms with Gasteiger partial charge >= 0.3 is 0 Å². The number of fused-ring (bicyclic) bond motifs is 2. The minimum Gasteiger partial charge on any atom is -0.356 e. The Morgan fingerprint density at radius 3 is 2.00 bits per heavy atom. The lowest BCUT2D eigenvalue weighted by molar-refractivity contribution is -0.121. The van der Waals surface area contributed by atoms with Gasteiger partial charge in [0.15, 0.2) is 0 Å². The SMILES string of the molecule is O=C(CCCNC(=O)c1ccccc1)NCCCN1c2ccccc2Sc2ccccc21. The van der Waals surface area contributed by atoms with Crippen molar-refractivity contribution < 1.29 is 9.59 Å². The smallest absolute Gasteiger partial charge is 0.251 e. The quantitative estimate of drug-likeness (QED) is 0.455. The van der Waals surface area contributed by atoms with Gasteiger partial charge in [0.1, 0.15) is 0 Å². The molecule has 1 heterocycles. The normalized spacial score (nSPS) is 11.9. The third kappa shape index (κ3) is 5.51. The van der Waals surface area contributed by atoms with E-state index in [0.717, 1.165) is 13.0 Å². The van der Waals surface area contributed by atoms with Crippen molar-refractivity contribution in [1.29, 1.82) is 0 Å². The number of para-hydroxylation sites is 2. The molecular weight excluding hydrogens is 418 g/mol. The zero-order valence-corrected chi connectivity index (χ0v) is 18.7. The standard InChI is InChI=1S/C26H27N3O2S/c30-25(16-8-17-28-26(31)20-10-2-1-3-11-20)27-18-9-19-29-21-12-4-6-14-23(21)32-24-15-7-5-13-22(24)29/h1-7,10-15H,8-9,16-19H2,(H,27,30)(H,28,31). The molecular formula is C26H27N3O2S. The van der Waals surface area contributed by atoms with Crippen molar-refractivity contribution in [2.24, 2.45) is 0 Å². The number of carbonyl (C=O) groups excluding carboxylic acids is 2. The highest BCUT2D eigenvalue weighted by molar-refractivity contribution is 7.99. The van der Waals surface area contributed by atoms with Crippen LogP contribution in [0.25, 0.3) is 0 Å². The lowest BCUT2D eigenvalue weighted by Gasteiger charge is -2.32. The summed E-state index contributed by atoms with van der Waals surface area (Å²) in [7, 11) is 0. The van der Waals surface area contributed by atoms with Crippen LogP contribution in [0.1, 0.15) is 29.6 Å². The Morgan fingerprint density at radius 2 is 1.31 bits per heavy atom. The Hall–Kier alpha value is -3.25.